The molecule has 1 fully saturated rings. The van der Waals surface area contributed by atoms with Crippen molar-refractivity contribution in [3.8, 4) is 0 Å². The van der Waals surface area contributed by atoms with Crippen molar-refractivity contribution in [2.75, 3.05) is 6.54 Å². The van der Waals surface area contributed by atoms with Gasteiger partial charge < -0.3 is 5.32 Å². The fourth-order valence-electron chi connectivity index (χ4n) is 2.25. The zero-order valence-electron chi connectivity index (χ0n) is 13.3. The van der Waals surface area contributed by atoms with Crippen molar-refractivity contribution < 1.29 is 8.42 Å². The van der Waals surface area contributed by atoms with E-state index < -0.39 is 10.0 Å². The predicted octanol–water partition coefficient (Wildman–Crippen LogP) is 1.72. The van der Waals surface area contributed by atoms with Gasteiger partial charge in [0.1, 0.15) is 0 Å². The summed E-state index contributed by atoms with van der Waals surface area (Å²) >= 11 is 0. The third-order valence-corrected chi connectivity index (χ3v) is 5.58. The predicted molar refractivity (Wildman–Crippen MR) is 82.3 cm³/mol. The zero-order chi connectivity index (χ0) is 15.6. The first-order chi connectivity index (χ1) is 9.82. The minimum atomic E-state index is -3.53. The van der Waals surface area contributed by atoms with Crippen LogP contribution in [0.2, 0.25) is 0 Å². The van der Waals surface area contributed by atoms with Crippen LogP contribution in [0.3, 0.4) is 0 Å². The molecule has 0 atom stereocenters. The lowest BCUT2D eigenvalue weighted by Crippen LogP contribution is -2.40. The highest BCUT2D eigenvalue weighted by atomic mass is 32.2. The zero-order valence-corrected chi connectivity index (χ0v) is 14.1. The van der Waals surface area contributed by atoms with E-state index in [2.05, 4.69) is 15.5 Å². The van der Waals surface area contributed by atoms with Crippen LogP contribution in [0.5, 0.6) is 0 Å². The van der Waals surface area contributed by atoms with Crippen LogP contribution in [0.15, 0.2) is 11.2 Å². The van der Waals surface area contributed by atoms with Gasteiger partial charge in [-0.3, -0.25) is 5.10 Å². The molecule has 0 saturated heterocycles. The Hall–Kier alpha value is -0.920. The molecule has 2 rings (SSSR count). The van der Waals surface area contributed by atoms with Crippen LogP contribution in [0, 0.1) is 5.92 Å². The number of nitrogens with zero attached hydrogens (tertiary/aromatic N) is 2. The van der Waals surface area contributed by atoms with E-state index in [1.165, 1.54) is 12.8 Å². The van der Waals surface area contributed by atoms with Crippen molar-refractivity contribution in [3.05, 3.63) is 11.8 Å². The van der Waals surface area contributed by atoms with Crippen LogP contribution < -0.4 is 5.32 Å². The van der Waals surface area contributed by atoms with Gasteiger partial charge in [0, 0.05) is 30.7 Å². The van der Waals surface area contributed by atoms with Crippen LogP contribution in [0.1, 0.15) is 46.1 Å². The summed E-state index contributed by atoms with van der Waals surface area (Å²) in [5.74, 6) is 0.276. The van der Waals surface area contributed by atoms with Gasteiger partial charge in [-0.25, -0.2) is 8.42 Å². The number of hydrogen-bond acceptors (Lipinski definition) is 4. The Morgan fingerprint density at radius 2 is 2.05 bits per heavy atom. The summed E-state index contributed by atoms with van der Waals surface area (Å²) in [5.41, 5.74) is 0.719. The molecule has 1 aromatic rings. The largest absolute Gasteiger partial charge is 0.310 e. The van der Waals surface area contributed by atoms with E-state index in [0.29, 0.717) is 19.1 Å². The molecule has 0 radical (unpaired) electrons. The van der Waals surface area contributed by atoms with Gasteiger partial charge >= 0.3 is 0 Å². The standard InChI is InChI=1S/C14H26N4O2S/c1-10(2)9-18(11(3)4)21(19,20)14-12(8-16-17-14)7-15-13-5-6-13/h8,10-11,13,15H,5-7,9H2,1-4H3,(H,16,17). The van der Waals surface area contributed by atoms with E-state index in [1.54, 1.807) is 10.5 Å². The highest BCUT2D eigenvalue weighted by Gasteiger charge is 2.31. The molecule has 0 amide bonds. The summed E-state index contributed by atoms with van der Waals surface area (Å²) < 4.78 is 27.3. The van der Waals surface area contributed by atoms with E-state index in [9.17, 15) is 8.42 Å². The molecular formula is C14H26N4O2S. The minimum Gasteiger partial charge on any atom is -0.310 e. The number of aromatic amines is 1. The number of aromatic nitrogens is 2. The van der Waals surface area contributed by atoms with Crippen LogP contribution >= 0.6 is 0 Å². The molecule has 0 aliphatic heterocycles. The molecule has 0 aromatic carbocycles. The van der Waals surface area contributed by atoms with E-state index >= 15 is 0 Å². The molecule has 21 heavy (non-hydrogen) atoms. The smallest absolute Gasteiger partial charge is 0.260 e. The average Bonchev–Trinajstić information content (AvgIpc) is 3.09. The van der Waals surface area contributed by atoms with Crippen molar-refractivity contribution in [1.82, 2.24) is 19.8 Å². The number of rotatable bonds is 8. The fourth-order valence-corrected chi connectivity index (χ4v) is 4.16. The van der Waals surface area contributed by atoms with Gasteiger partial charge in [-0.05, 0) is 32.6 Å². The quantitative estimate of drug-likeness (QED) is 0.766. The Kier molecular flexibility index (Phi) is 5.06. The maximum atomic E-state index is 12.9. The first-order valence-electron chi connectivity index (χ1n) is 7.59. The summed E-state index contributed by atoms with van der Waals surface area (Å²) in [7, 11) is -3.53. The number of nitrogens with one attached hydrogen (secondary N) is 2. The Balaban J connectivity index is 2.22. The molecule has 7 heteroatoms. The van der Waals surface area contributed by atoms with Gasteiger partial charge in [0.15, 0.2) is 5.03 Å². The van der Waals surface area contributed by atoms with Crippen LogP contribution in [-0.2, 0) is 16.6 Å². The van der Waals surface area contributed by atoms with Crippen molar-refractivity contribution in [2.24, 2.45) is 5.92 Å². The van der Waals surface area contributed by atoms with E-state index in [1.807, 2.05) is 27.7 Å². The lowest BCUT2D eigenvalue weighted by molar-refractivity contribution is 0.317. The molecule has 1 heterocycles. The molecule has 0 bridgehead atoms. The van der Waals surface area contributed by atoms with Crippen molar-refractivity contribution >= 4 is 10.0 Å². The molecule has 1 aliphatic carbocycles. The van der Waals surface area contributed by atoms with Crippen molar-refractivity contribution in [3.63, 3.8) is 0 Å². The van der Waals surface area contributed by atoms with Gasteiger partial charge in [-0.2, -0.15) is 9.40 Å². The minimum absolute atomic E-state index is 0.0788. The SMILES string of the molecule is CC(C)CN(C(C)C)S(=O)(=O)c1[nH]ncc1CNC1CC1. The number of hydrogen-bond donors (Lipinski definition) is 2. The molecule has 0 spiro atoms. The van der Waals surface area contributed by atoms with Gasteiger partial charge in [-0.15, -0.1) is 0 Å². The van der Waals surface area contributed by atoms with Crippen molar-refractivity contribution in [1.29, 1.82) is 0 Å². The Morgan fingerprint density at radius 3 is 2.57 bits per heavy atom. The van der Waals surface area contributed by atoms with Gasteiger partial charge in [0.05, 0.1) is 6.20 Å². The second kappa shape index (κ2) is 6.46. The second-order valence-electron chi connectivity index (χ2n) is 6.44. The maximum absolute atomic E-state index is 12.9. The van der Waals surface area contributed by atoms with E-state index in [-0.39, 0.29) is 17.0 Å². The first kappa shape index (κ1) is 16.5. The third-order valence-electron chi connectivity index (χ3n) is 3.52. The fraction of sp³-hybridized carbons (Fsp3) is 0.786. The van der Waals surface area contributed by atoms with Gasteiger partial charge in [0.2, 0.25) is 0 Å². The van der Waals surface area contributed by atoms with E-state index in [0.717, 1.165) is 5.56 Å². The van der Waals surface area contributed by atoms with E-state index in [4.69, 9.17) is 0 Å². The maximum Gasteiger partial charge on any atom is 0.260 e. The topological polar surface area (TPSA) is 78.1 Å². The summed E-state index contributed by atoms with van der Waals surface area (Å²) in [4.78, 5) is 0. The summed E-state index contributed by atoms with van der Waals surface area (Å²) in [6.07, 6.45) is 3.95. The Bertz CT molecular complexity index is 561. The van der Waals surface area contributed by atoms with Gasteiger partial charge in [-0.1, -0.05) is 13.8 Å². The highest BCUT2D eigenvalue weighted by molar-refractivity contribution is 7.89. The molecule has 0 unspecified atom stereocenters. The van der Waals surface area contributed by atoms with Gasteiger partial charge in [0.25, 0.3) is 10.0 Å². The Morgan fingerprint density at radius 1 is 1.38 bits per heavy atom. The third kappa shape index (κ3) is 4.05. The lowest BCUT2D eigenvalue weighted by Gasteiger charge is -2.27. The Labute approximate surface area is 127 Å². The lowest BCUT2D eigenvalue weighted by atomic mass is 10.2. The summed E-state index contributed by atoms with van der Waals surface area (Å²) in [6, 6.07) is 0.456. The molecule has 2 N–H and O–H groups in total. The summed E-state index contributed by atoms with van der Waals surface area (Å²) in [6.45, 7) is 8.90. The van der Waals surface area contributed by atoms with Crippen LogP contribution in [0.4, 0.5) is 0 Å². The average molecular weight is 314 g/mol. The highest BCUT2D eigenvalue weighted by Crippen LogP contribution is 2.23. The number of H-pyrrole nitrogens is 1. The molecule has 120 valence electrons. The molecule has 1 saturated carbocycles. The molecule has 6 nitrogen and oxygen atoms in total. The van der Waals surface area contributed by atoms with Crippen LogP contribution in [0.25, 0.3) is 0 Å². The monoisotopic (exact) mass is 314 g/mol. The second-order valence-corrected chi connectivity index (χ2v) is 8.27. The first-order valence-corrected chi connectivity index (χ1v) is 9.03. The summed E-state index contributed by atoms with van der Waals surface area (Å²) in [5, 5.41) is 10.2. The molecule has 1 aromatic heterocycles. The number of sulfonamides is 1. The van der Waals surface area contributed by atoms with Crippen molar-refractivity contribution in [2.45, 2.75) is 64.2 Å². The normalized spacial score (nSPS) is 16.3. The molecule has 1 aliphatic rings. The molecular weight excluding hydrogens is 288 g/mol. The van der Waals surface area contributed by atoms with Crippen LogP contribution in [-0.4, -0.2) is 41.5 Å².